The number of cyclic esters (lactones) is 1. The molecule has 1 saturated heterocycles. The Balaban J connectivity index is 1.70. The molecule has 0 N–H and O–H groups in total. The monoisotopic (exact) mass is 375 g/mol. The number of ether oxygens (including phenoxy) is 1. The highest BCUT2D eigenvalue weighted by Gasteiger charge is 2.30. The summed E-state index contributed by atoms with van der Waals surface area (Å²) in [5.74, 6) is 1.28. The second kappa shape index (κ2) is 6.93. The first kappa shape index (κ1) is 16.2. The molecule has 1 unspecified atom stereocenters. The molecule has 0 radical (unpaired) electrons. The van der Waals surface area contributed by atoms with Crippen molar-refractivity contribution in [2.75, 3.05) is 6.61 Å². The Hall–Kier alpha value is -2.25. The van der Waals surface area contributed by atoms with Gasteiger partial charge in [0.2, 0.25) is 0 Å². The van der Waals surface area contributed by atoms with Gasteiger partial charge in [-0.05, 0) is 36.4 Å². The van der Waals surface area contributed by atoms with Gasteiger partial charge in [-0.3, -0.25) is 9.36 Å². The van der Waals surface area contributed by atoms with E-state index in [1.165, 1.54) is 11.8 Å². The molecule has 0 spiro atoms. The van der Waals surface area contributed by atoms with E-state index in [4.69, 9.17) is 20.8 Å². The normalized spacial score (nSPS) is 17.0. The molecule has 3 aromatic rings. The molecule has 4 rings (SSSR count). The topological polar surface area (TPSA) is 70.2 Å². The van der Waals surface area contributed by atoms with E-state index < -0.39 is 0 Å². The molecule has 8 heteroatoms. The second-order valence-electron chi connectivity index (χ2n) is 5.54. The number of carbonyl (C=O) groups excluding carboxylic acids is 1. The number of esters is 1. The zero-order valence-electron chi connectivity index (χ0n) is 13.1. The number of aromatic nitrogens is 3. The Morgan fingerprint density at radius 3 is 2.76 bits per heavy atom. The molecule has 6 nitrogen and oxygen atoms in total. The lowest BCUT2D eigenvalue weighted by molar-refractivity contribution is -0.137. The van der Waals surface area contributed by atoms with Crippen LogP contribution in [-0.2, 0) is 16.1 Å². The van der Waals surface area contributed by atoms with E-state index in [2.05, 4.69) is 10.2 Å². The van der Waals surface area contributed by atoms with Crippen LogP contribution in [0.25, 0.3) is 11.4 Å². The van der Waals surface area contributed by atoms with E-state index in [0.717, 1.165) is 11.3 Å². The predicted molar refractivity (Wildman–Crippen MR) is 93.5 cm³/mol. The number of thioether (sulfide) groups is 1. The number of rotatable bonds is 5. The van der Waals surface area contributed by atoms with E-state index in [1.807, 2.05) is 41.0 Å². The Kier molecular flexibility index (Phi) is 4.50. The minimum atomic E-state index is -0.252. The molecule has 0 saturated carbocycles. The van der Waals surface area contributed by atoms with Crippen LogP contribution in [0.3, 0.4) is 0 Å². The second-order valence-corrected chi connectivity index (χ2v) is 7.15. The maximum atomic E-state index is 11.8. The van der Waals surface area contributed by atoms with Crippen LogP contribution < -0.4 is 0 Å². The van der Waals surface area contributed by atoms with Crippen LogP contribution in [0.15, 0.2) is 52.2 Å². The van der Waals surface area contributed by atoms with Gasteiger partial charge in [-0.15, -0.1) is 10.2 Å². The van der Waals surface area contributed by atoms with Crippen LogP contribution in [0.1, 0.15) is 12.2 Å². The van der Waals surface area contributed by atoms with Gasteiger partial charge in [0.15, 0.2) is 11.0 Å². The molecule has 1 aliphatic heterocycles. The lowest BCUT2D eigenvalue weighted by Gasteiger charge is -2.10. The van der Waals surface area contributed by atoms with Crippen molar-refractivity contribution < 1.29 is 13.9 Å². The molecule has 1 fully saturated rings. The standard InChI is InChI=1S/C17H14ClN3O3S/c18-12-5-3-11(4-6-12)15-19-20-17(25-14-7-9-24-16(14)22)21(15)10-13-2-1-8-23-13/h1-6,8,14H,7,9-10H2. The van der Waals surface area contributed by atoms with Crippen molar-refractivity contribution in [2.45, 2.75) is 23.4 Å². The summed E-state index contributed by atoms with van der Waals surface area (Å²) in [6.45, 7) is 0.926. The van der Waals surface area contributed by atoms with Crippen LogP contribution in [-0.4, -0.2) is 32.6 Å². The van der Waals surface area contributed by atoms with E-state index in [-0.39, 0.29) is 11.2 Å². The van der Waals surface area contributed by atoms with Crippen LogP contribution in [0.4, 0.5) is 0 Å². The van der Waals surface area contributed by atoms with E-state index in [1.54, 1.807) is 6.26 Å². The van der Waals surface area contributed by atoms with Gasteiger partial charge in [0, 0.05) is 17.0 Å². The minimum absolute atomic E-state index is 0.203. The highest BCUT2D eigenvalue weighted by atomic mass is 35.5. The molecule has 0 aliphatic carbocycles. The highest BCUT2D eigenvalue weighted by Crippen LogP contribution is 2.32. The molecule has 3 heterocycles. The third-order valence-electron chi connectivity index (χ3n) is 3.85. The van der Waals surface area contributed by atoms with Crippen molar-refractivity contribution >= 4 is 29.3 Å². The lowest BCUT2D eigenvalue weighted by atomic mass is 10.2. The van der Waals surface area contributed by atoms with Crippen molar-refractivity contribution in [2.24, 2.45) is 0 Å². The number of furan rings is 1. The van der Waals surface area contributed by atoms with E-state index >= 15 is 0 Å². The first-order chi connectivity index (χ1) is 12.2. The largest absolute Gasteiger partial charge is 0.467 e. The van der Waals surface area contributed by atoms with Crippen molar-refractivity contribution in [1.82, 2.24) is 14.8 Å². The average Bonchev–Trinajstić information content (AvgIpc) is 3.34. The fourth-order valence-electron chi connectivity index (χ4n) is 2.60. The SMILES string of the molecule is O=C1OCCC1Sc1nnc(-c2ccc(Cl)cc2)n1Cc1ccco1. The third kappa shape index (κ3) is 3.43. The summed E-state index contributed by atoms with van der Waals surface area (Å²) >= 11 is 7.35. The summed E-state index contributed by atoms with van der Waals surface area (Å²) in [5.41, 5.74) is 0.893. The summed E-state index contributed by atoms with van der Waals surface area (Å²) in [6, 6.07) is 11.1. The summed E-state index contributed by atoms with van der Waals surface area (Å²) < 4.78 is 12.4. The van der Waals surface area contributed by atoms with Gasteiger partial charge >= 0.3 is 5.97 Å². The Morgan fingerprint density at radius 1 is 1.24 bits per heavy atom. The van der Waals surface area contributed by atoms with Crippen molar-refractivity contribution in [1.29, 1.82) is 0 Å². The first-order valence-electron chi connectivity index (χ1n) is 7.75. The number of halogens is 1. The van der Waals surface area contributed by atoms with Crippen molar-refractivity contribution in [3.63, 3.8) is 0 Å². The van der Waals surface area contributed by atoms with Gasteiger partial charge in [0.1, 0.15) is 11.0 Å². The molecule has 0 bridgehead atoms. The molecule has 128 valence electrons. The smallest absolute Gasteiger partial charge is 0.319 e. The van der Waals surface area contributed by atoms with Crippen molar-refractivity contribution in [3.05, 3.63) is 53.4 Å². The number of nitrogens with zero attached hydrogens (tertiary/aromatic N) is 3. The van der Waals surface area contributed by atoms with Crippen molar-refractivity contribution in [3.8, 4) is 11.4 Å². The zero-order valence-corrected chi connectivity index (χ0v) is 14.7. The first-order valence-corrected chi connectivity index (χ1v) is 9.01. The van der Waals surface area contributed by atoms with Gasteiger partial charge in [-0.2, -0.15) is 0 Å². The number of carbonyl (C=O) groups is 1. The van der Waals surface area contributed by atoms with Crippen LogP contribution in [0.5, 0.6) is 0 Å². The highest BCUT2D eigenvalue weighted by molar-refractivity contribution is 8.00. The lowest BCUT2D eigenvalue weighted by Crippen LogP contribution is -2.12. The van der Waals surface area contributed by atoms with E-state index in [0.29, 0.717) is 35.6 Å². The quantitative estimate of drug-likeness (QED) is 0.634. The zero-order chi connectivity index (χ0) is 17.2. The third-order valence-corrected chi connectivity index (χ3v) is 5.33. The molecular formula is C17H14ClN3O3S. The summed E-state index contributed by atoms with van der Waals surface area (Å²) in [5, 5.41) is 9.67. The van der Waals surface area contributed by atoms with Gasteiger partial charge in [-0.1, -0.05) is 23.4 Å². The number of hydrogen-bond acceptors (Lipinski definition) is 6. The Labute approximate surface area is 153 Å². The Morgan fingerprint density at radius 2 is 2.08 bits per heavy atom. The average molecular weight is 376 g/mol. The molecule has 1 aliphatic rings. The molecule has 1 aromatic carbocycles. The molecule has 2 aromatic heterocycles. The predicted octanol–water partition coefficient (Wildman–Crippen LogP) is 3.65. The molecule has 25 heavy (non-hydrogen) atoms. The fourth-order valence-corrected chi connectivity index (χ4v) is 3.73. The maximum Gasteiger partial charge on any atom is 0.319 e. The van der Waals surface area contributed by atoms with Gasteiger partial charge in [0.05, 0.1) is 19.4 Å². The van der Waals surface area contributed by atoms with Crippen LogP contribution in [0, 0.1) is 0 Å². The van der Waals surface area contributed by atoms with Gasteiger partial charge in [-0.25, -0.2) is 0 Å². The molecular weight excluding hydrogens is 362 g/mol. The Bertz CT molecular complexity index is 877. The fraction of sp³-hybridized carbons (Fsp3) is 0.235. The van der Waals surface area contributed by atoms with E-state index in [9.17, 15) is 4.79 Å². The summed E-state index contributed by atoms with van der Waals surface area (Å²) in [6.07, 6.45) is 2.30. The summed E-state index contributed by atoms with van der Waals surface area (Å²) in [7, 11) is 0. The van der Waals surface area contributed by atoms with Gasteiger partial charge < -0.3 is 9.15 Å². The maximum absolute atomic E-state index is 11.8. The minimum Gasteiger partial charge on any atom is -0.467 e. The summed E-state index contributed by atoms with van der Waals surface area (Å²) in [4.78, 5) is 11.8. The van der Waals surface area contributed by atoms with Crippen LogP contribution >= 0.6 is 23.4 Å². The molecule has 0 amide bonds. The number of hydrogen-bond donors (Lipinski definition) is 0. The molecule has 1 atom stereocenters. The number of benzene rings is 1. The van der Waals surface area contributed by atoms with Crippen LogP contribution in [0.2, 0.25) is 5.02 Å². The van der Waals surface area contributed by atoms with Gasteiger partial charge in [0.25, 0.3) is 0 Å².